The van der Waals surface area contributed by atoms with Gasteiger partial charge in [0, 0.05) is 12.5 Å². The number of carboxylic acids is 1. The van der Waals surface area contributed by atoms with E-state index in [1.807, 2.05) is 6.07 Å². The van der Waals surface area contributed by atoms with Gasteiger partial charge < -0.3 is 14.6 Å². The van der Waals surface area contributed by atoms with Crippen LogP contribution in [0.1, 0.15) is 42.5 Å². The standard InChI is InChI=1S/C16H23N3O2/c1-5-14-17-15-12(16(20)21)7-6-8-13(15)19(14)11(2)9-10-18(3)4/h6-8,11H,5,9-10H2,1-4H3,(H,20,21). The summed E-state index contributed by atoms with van der Waals surface area (Å²) in [6.07, 6.45) is 1.79. The number of hydrogen-bond acceptors (Lipinski definition) is 3. The lowest BCUT2D eigenvalue weighted by Crippen LogP contribution is -2.18. The first kappa shape index (κ1) is 15.5. The van der Waals surface area contributed by atoms with Crippen molar-refractivity contribution < 1.29 is 9.90 Å². The highest BCUT2D eigenvalue weighted by Crippen LogP contribution is 2.26. The SMILES string of the molecule is CCc1nc2c(C(=O)O)cccc2n1C(C)CCN(C)C. The molecule has 1 N–H and O–H groups in total. The Hall–Kier alpha value is -1.88. The summed E-state index contributed by atoms with van der Waals surface area (Å²) in [5, 5.41) is 9.31. The second-order valence-corrected chi connectivity index (χ2v) is 5.67. The summed E-state index contributed by atoms with van der Waals surface area (Å²) in [5.74, 6) is 0.0267. The van der Waals surface area contributed by atoms with Gasteiger partial charge in [0.2, 0.25) is 0 Å². The van der Waals surface area contributed by atoms with Crippen LogP contribution in [0.25, 0.3) is 11.0 Å². The van der Waals surface area contributed by atoms with Crippen molar-refractivity contribution in [2.45, 2.75) is 32.7 Å². The summed E-state index contributed by atoms with van der Waals surface area (Å²) in [5.41, 5.74) is 1.79. The van der Waals surface area contributed by atoms with Crippen molar-refractivity contribution >= 4 is 17.0 Å². The Bertz CT molecular complexity index is 646. The lowest BCUT2D eigenvalue weighted by atomic mass is 10.1. The third-order valence-corrected chi connectivity index (χ3v) is 3.77. The molecule has 1 aromatic heterocycles. The molecule has 0 saturated carbocycles. The van der Waals surface area contributed by atoms with Gasteiger partial charge in [-0.3, -0.25) is 0 Å². The largest absolute Gasteiger partial charge is 0.478 e. The van der Waals surface area contributed by atoms with E-state index in [1.165, 1.54) is 0 Å². The predicted molar refractivity (Wildman–Crippen MR) is 84.0 cm³/mol. The number of benzene rings is 1. The maximum atomic E-state index is 11.4. The molecule has 0 aliphatic carbocycles. The van der Waals surface area contributed by atoms with Crippen LogP contribution in [-0.2, 0) is 6.42 Å². The summed E-state index contributed by atoms with van der Waals surface area (Å²) in [6, 6.07) is 5.66. The minimum atomic E-state index is -0.922. The zero-order valence-corrected chi connectivity index (χ0v) is 13.1. The molecule has 2 aromatic rings. The van der Waals surface area contributed by atoms with Crippen LogP contribution in [0.5, 0.6) is 0 Å². The highest BCUT2D eigenvalue weighted by molar-refractivity contribution is 6.01. The Balaban J connectivity index is 2.51. The molecule has 1 aromatic carbocycles. The fraction of sp³-hybridized carbons (Fsp3) is 0.500. The molecule has 0 bridgehead atoms. The third-order valence-electron chi connectivity index (χ3n) is 3.77. The highest BCUT2D eigenvalue weighted by atomic mass is 16.4. The first-order valence-electron chi connectivity index (χ1n) is 7.33. The molecule has 5 nitrogen and oxygen atoms in total. The third kappa shape index (κ3) is 3.08. The van der Waals surface area contributed by atoms with Gasteiger partial charge in [-0.05, 0) is 46.1 Å². The molecule has 0 radical (unpaired) electrons. The Morgan fingerprint density at radius 2 is 2.14 bits per heavy atom. The average molecular weight is 289 g/mol. The number of hydrogen-bond donors (Lipinski definition) is 1. The first-order chi connectivity index (χ1) is 9.95. The number of aromatic nitrogens is 2. The van der Waals surface area contributed by atoms with Crippen LogP contribution in [-0.4, -0.2) is 46.2 Å². The van der Waals surface area contributed by atoms with E-state index < -0.39 is 5.97 Å². The number of nitrogens with zero attached hydrogens (tertiary/aromatic N) is 3. The molecule has 0 spiro atoms. The molecule has 114 valence electrons. The van der Waals surface area contributed by atoms with E-state index in [2.05, 4.69) is 42.4 Å². The van der Waals surface area contributed by atoms with Gasteiger partial charge in [-0.15, -0.1) is 0 Å². The van der Waals surface area contributed by atoms with Crippen LogP contribution in [0.4, 0.5) is 0 Å². The lowest BCUT2D eigenvalue weighted by Gasteiger charge is -2.19. The van der Waals surface area contributed by atoms with Crippen LogP contribution in [0.2, 0.25) is 0 Å². The predicted octanol–water partition coefficient (Wildman–Crippen LogP) is 2.81. The minimum Gasteiger partial charge on any atom is -0.478 e. The van der Waals surface area contributed by atoms with Crippen molar-refractivity contribution in [2.24, 2.45) is 0 Å². The topological polar surface area (TPSA) is 58.4 Å². The highest BCUT2D eigenvalue weighted by Gasteiger charge is 2.19. The number of imidazole rings is 1. The molecule has 1 atom stereocenters. The van der Waals surface area contributed by atoms with Crippen LogP contribution < -0.4 is 0 Å². The van der Waals surface area contributed by atoms with E-state index >= 15 is 0 Å². The molecular formula is C16H23N3O2. The maximum Gasteiger partial charge on any atom is 0.337 e. The van der Waals surface area contributed by atoms with Crippen molar-refractivity contribution in [1.82, 2.24) is 14.5 Å². The van der Waals surface area contributed by atoms with Crippen molar-refractivity contribution in [3.63, 3.8) is 0 Å². The van der Waals surface area contributed by atoms with Crippen LogP contribution >= 0.6 is 0 Å². The molecule has 5 heteroatoms. The van der Waals surface area contributed by atoms with Crippen molar-refractivity contribution in [2.75, 3.05) is 20.6 Å². The number of aromatic carboxylic acids is 1. The van der Waals surface area contributed by atoms with Crippen LogP contribution in [0, 0.1) is 0 Å². The normalized spacial score (nSPS) is 13.0. The van der Waals surface area contributed by atoms with Gasteiger partial charge in [-0.2, -0.15) is 0 Å². The van der Waals surface area contributed by atoms with Crippen LogP contribution in [0.15, 0.2) is 18.2 Å². The number of carbonyl (C=O) groups is 1. The molecular weight excluding hydrogens is 266 g/mol. The van der Waals surface area contributed by atoms with Crippen molar-refractivity contribution in [1.29, 1.82) is 0 Å². The molecule has 2 rings (SSSR count). The summed E-state index contributed by atoms with van der Waals surface area (Å²) < 4.78 is 2.19. The van der Waals surface area contributed by atoms with E-state index in [-0.39, 0.29) is 11.6 Å². The molecule has 0 aliphatic heterocycles. The summed E-state index contributed by atoms with van der Waals surface area (Å²) in [4.78, 5) is 18.1. The monoisotopic (exact) mass is 289 g/mol. The second-order valence-electron chi connectivity index (χ2n) is 5.67. The van der Waals surface area contributed by atoms with Gasteiger partial charge in [0.1, 0.15) is 11.3 Å². The number of aryl methyl sites for hydroxylation is 1. The van der Waals surface area contributed by atoms with E-state index in [0.717, 1.165) is 30.7 Å². The van der Waals surface area contributed by atoms with Crippen molar-refractivity contribution in [3.05, 3.63) is 29.6 Å². The Labute approximate surface area is 125 Å². The van der Waals surface area contributed by atoms with E-state index in [9.17, 15) is 9.90 Å². The summed E-state index contributed by atoms with van der Waals surface area (Å²) in [7, 11) is 4.12. The molecule has 0 fully saturated rings. The van der Waals surface area contributed by atoms with E-state index in [4.69, 9.17) is 0 Å². The Morgan fingerprint density at radius 1 is 1.43 bits per heavy atom. The van der Waals surface area contributed by atoms with Crippen molar-refractivity contribution in [3.8, 4) is 0 Å². The molecule has 0 amide bonds. The number of para-hydroxylation sites is 1. The Morgan fingerprint density at radius 3 is 2.71 bits per heavy atom. The second kappa shape index (κ2) is 6.26. The average Bonchev–Trinajstić information content (AvgIpc) is 2.82. The Kier molecular flexibility index (Phi) is 4.63. The molecule has 21 heavy (non-hydrogen) atoms. The molecule has 0 aliphatic rings. The summed E-state index contributed by atoms with van der Waals surface area (Å²) >= 11 is 0. The summed E-state index contributed by atoms with van der Waals surface area (Å²) in [6.45, 7) is 5.21. The van der Waals surface area contributed by atoms with Gasteiger partial charge in [0.15, 0.2) is 0 Å². The van der Waals surface area contributed by atoms with Gasteiger partial charge >= 0.3 is 5.97 Å². The fourth-order valence-electron chi connectivity index (χ4n) is 2.65. The van der Waals surface area contributed by atoms with Gasteiger partial charge in [0.05, 0.1) is 11.1 Å². The molecule has 0 saturated heterocycles. The van der Waals surface area contributed by atoms with Gasteiger partial charge in [-0.1, -0.05) is 13.0 Å². The number of carboxylic acid groups (broad SMARTS) is 1. The number of rotatable bonds is 6. The van der Waals surface area contributed by atoms with Gasteiger partial charge in [-0.25, -0.2) is 9.78 Å². The lowest BCUT2D eigenvalue weighted by molar-refractivity contribution is 0.0699. The minimum absolute atomic E-state index is 0.278. The van der Waals surface area contributed by atoms with Crippen LogP contribution in [0.3, 0.4) is 0 Å². The van der Waals surface area contributed by atoms with E-state index in [0.29, 0.717) is 5.52 Å². The fourth-order valence-corrected chi connectivity index (χ4v) is 2.65. The zero-order chi connectivity index (χ0) is 15.6. The number of fused-ring (bicyclic) bond motifs is 1. The first-order valence-corrected chi connectivity index (χ1v) is 7.33. The quantitative estimate of drug-likeness (QED) is 0.888. The molecule has 1 heterocycles. The molecule has 1 unspecified atom stereocenters. The zero-order valence-electron chi connectivity index (χ0n) is 13.1. The van der Waals surface area contributed by atoms with Gasteiger partial charge in [0.25, 0.3) is 0 Å². The van der Waals surface area contributed by atoms with E-state index in [1.54, 1.807) is 12.1 Å². The smallest absolute Gasteiger partial charge is 0.337 e. The maximum absolute atomic E-state index is 11.4.